The summed E-state index contributed by atoms with van der Waals surface area (Å²) < 4.78 is 0. The summed E-state index contributed by atoms with van der Waals surface area (Å²) in [6.45, 7) is 3.13. The number of thioether (sulfide) groups is 1. The van der Waals surface area contributed by atoms with Crippen LogP contribution in [0.15, 0.2) is 59.5 Å². The fourth-order valence-corrected chi connectivity index (χ4v) is 3.73. The Bertz CT molecular complexity index is 672. The van der Waals surface area contributed by atoms with Gasteiger partial charge >= 0.3 is 0 Å². The van der Waals surface area contributed by atoms with Crippen LogP contribution < -0.4 is 5.32 Å². The third-order valence-corrected chi connectivity index (χ3v) is 5.50. The van der Waals surface area contributed by atoms with Crippen molar-refractivity contribution in [1.82, 2.24) is 10.2 Å². The zero-order valence-electron chi connectivity index (χ0n) is 14.8. The van der Waals surface area contributed by atoms with Gasteiger partial charge in [0.1, 0.15) is 0 Å². The molecule has 0 aliphatic carbocycles. The molecule has 3 nitrogen and oxygen atoms in total. The van der Waals surface area contributed by atoms with Crippen LogP contribution in [-0.2, 0) is 6.42 Å². The molecule has 0 saturated carbocycles. The molecule has 1 aliphatic rings. The molecule has 3 rings (SSSR count). The lowest BCUT2D eigenvalue weighted by Gasteiger charge is -2.33. The lowest BCUT2D eigenvalue weighted by molar-refractivity contribution is 0.0904. The van der Waals surface area contributed by atoms with Crippen LogP contribution in [0.25, 0.3) is 0 Å². The molecule has 2 aromatic rings. The Labute approximate surface area is 154 Å². The molecule has 1 heterocycles. The second-order valence-corrected chi connectivity index (χ2v) is 7.46. The van der Waals surface area contributed by atoms with Crippen molar-refractivity contribution in [3.63, 3.8) is 0 Å². The fourth-order valence-electron chi connectivity index (χ4n) is 3.32. The standard InChI is InChI=1S/C21H26N2OS/c1-25-20-11-9-18(10-12-20)21(24)22-19-8-5-14-23(16-19)15-13-17-6-3-2-4-7-17/h2-4,6-7,9-12,19H,5,8,13-16H2,1H3,(H,22,24). The second-order valence-electron chi connectivity index (χ2n) is 6.58. The van der Waals surface area contributed by atoms with Gasteiger partial charge in [-0.15, -0.1) is 11.8 Å². The van der Waals surface area contributed by atoms with Gasteiger partial charge < -0.3 is 10.2 Å². The summed E-state index contributed by atoms with van der Waals surface area (Å²) in [4.78, 5) is 16.1. The third-order valence-electron chi connectivity index (χ3n) is 4.75. The summed E-state index contributed by atoms with van der Waals surface area (Å²) in [6.07, 6.45) is 5.32. The highest BCUT2D eigenvalue weighted by Crippen LogP contribution is 2.16. The van der Waals surface area contributed by atoms with E-state index in [0.29, 0.717) is 0 Å². The minimum atomic E-state index is 0.0440. The van der Waals surface area contributed by atoms with E-state index in [9.17, 15) is 4.79 Å². The highest BCUT2D eigenvalue weighted by Gasteiger charge is 2.21. The van der Waals surface area contributed by atoms with E-state index in [-0.39, 0.29) is 11.9 Å². The van der Waals surface area contributed by atoms with Gasteiger partial charge in [-0.3, -0.25) is 4.79 Å². The van der Waals surface area contributed by atoms with Crippen LogP contribution in [0, 0.1) is 0 Å². The Morgan fingerprint density at radius 1 is 1.16 bits per heavy atom. The topological polar surface area (TPSA) is 32.3 Å². The fraction of sp³-hybridized carbons (Fsp3) is 0.381. The summed E-state index contributed by atoms with van der Waals surface area (Å²) in [5, 5.41) is 3.21. The molecule has 1 amide bonds. The average Bonchev–Trinajstić information content (AvgIpc) is 2.67. The number of hydrogen-bond acceptors (Lipinski definition) is 3. The summed E-state index contributed by atoms with van der Waals surface area (Å²) in [5.74, 6) is 0.0440. The number of benzene rings is 2. The molecule has 25 heavy (non-hydrogen) atoms. The van der Waals surface area contributed by atoms with Gasteiger partial charge in [0, 0.05) is 29.6 Å². The van der Waals surface area contributed by atoms with E-state index < -0.39 is 0 Å². The van der Waals surface area contributed by atoms with Gasteiger partial charge in [0.2, 0.25) is 0 Å². The van der Waals surface area contributed by atoms with Crippen molar-refractivity contribution in [2.45, 2.75) is 30.2 Å². The molecule has 1 saturated heterocycles. The molecule has 1 unspecified atom stereocenters. The van der Waals surface area contributed by atoms with Crippen LogP contribution in [-0.4, -0.2) is 42.7 Å². The van der Waals surface area contributed by atoms with E-state index in [1.54, 1.807) is 11.8 Å². The number of hydrogen-bond donors (Lipinski definition) is 1. The summed E-state index contributed by atoms with van der Waals surface area (Å²) in [6, 6.07) is 18.7. The Kier molecular flexibility index (Phi) is 6.54. The van der Waals surface area contributed by atoms with Crippen molar-refractivity contribution >= 4 is 17.7 Å². The quantitative estimate of drug-likeness (QED) is 0.800. The van der Waals surface area contributed by atoms with Gasteiger partial charge in [-0.2, -0.15) is 0 Å². The number of rotatable bonds is 6. The summed E-state index contributed by atoms with van der Waals surface area (Å²) >= 11 is 1.69. The number of piperidine rings is 1. The SMILES string of the molecule is CSc1ccc(C(=O)NC2CCCN(CCc3ccccc3)C2)cc1. The molecule has 1 atom stereocenters. The number of nitrogens with one attached hydrogen (secondary N) is 1. The van der Waals surface area contributed by atoms with Gasteiger partial charge in [0.15, 0.2) is 0 Å². The van der Waals surface area contributed by atoms with Gasteiger partial charge in [-0.25, -0.2) is 0 Å². The predicted molar refractivity (Wildman–Crippen MR) is 105 cm³/mol. The van der Waals surface area contributed by atoms with Crippen LogP contribution in [0.2, 0.25) is 0 Å². The van der Waals surface area contributed by atoms with Gasteiger partial charge in [0.25, 0.3) is 5.91 Å². The van der Waals surface area contributed by atoms with E-state index in [2.05, 4.69) is 40.5 Å². The lowest BCUT2D eigenvalue weighted by atomic mass is 10.0. The first-order chi connectivity index (χ1) is 12.2. The first-order valence-corrected chi connectivity index (χ1v) is 10.2. The molecular weight excluding hydrogens is 328 g/mol. The summed E-state index contributed by atoms with van der Waals surface area (Å²) in [7, 11) is 0. The number of amides is 1. The van der Waals surface area contributed by atoms with Crippen molar-refractivity contribution < 1.29 is 4.79 Å². The van der Waals surface area contributed by atoms with E-state index in [4.69, 9.17) is 0 Å². The minimum Gasteiger partial charge on any atom is -0.348 e. The zero-order chi connectivity index (χ0) is 17.5. The number of nitrogens with zero attached hydrogens (tertiary/aromatic N) is 1. The van der Waals surface area contributed by atoms with E-state index in [0.717, 1.165) is 44.5 Å². The van der Waals surface area contributed by atoms with Crippen LogP contribution in [0.4, 0.5) is 0 Å². The van der Waals surface area contributed by atoms with Crippen LogP contribution >= 0.6 is 11.8 Å². The Morgan fingerprint density at radius 3 is 2.64 bits per heavy atom. The van der Waals surface area contributed by atoms with Crippen LogP contribution in [0.5, 0.6) is 0 Å². The normalized spacial score (nSPS) is 18.0. The van der Waals surface area contributed by atoms with Crippen molar-refractivity contribution in [3.8, 4) is 0 Å². The van der Waals surface area contributed by atoms with E-state index in [1.807, 2.05) is 30.5 Å². The number of likely N-dealkylation sites (tertiary alicyclic amines) is 1. The molecule has 4 heteroatoms. The van der Waals surface area contributed by atoms with Crippen LogP contribution in [0.3, 0.4) is 0 Å². The average molecular weight is 355 g/mol. The van der Waals surface area contributed by atoms with Crippen molar-refractivity contribution in [2.75, 3.05) is 25.9 Å². The maximum atomic E-state index is 12.5. The molecule has 1 aliphatic heterocycles. The second kappa shape index (κ2) is 9.07. The summed E-state index contributed by atoms with van der Waals surface area (Å²) in [5.41, 5.74) is 2.13. The molecule has 132 valence electrons. The molecule has 0 bridgehead atoms. The lowest BCUT2D eigenvalue weighted by Crippen LogP contribution is -2.48. The molecule has 1 fully saturated rings. The molecule has 0 radical (unpaired) electrons. The van der Waals surface area contributed by atoms with E-state index in [1.165, 1.54) is 10.5 Å². The molecule has 0 spiro atoms. The van der Waals surface area contributed by atoms with E-state index >= 15 is 0 Å². The largest absolute Gasteiger partial charge is 0.348 e. The maximum absolute atomic E-state index is 12.5. The maximum Gasteiger partial charge on any atom is 0.251 e. The highest BCUT2D eigenvalue weighted by molar-refractivity contribution is 7.98. The number of carbonyl (C=O) groups excluding carboxylic acids is 1. The zero-order valence-corrected chi connectivity index (χ0v) is 15.6. The molecule has 2 aromatic carbocycles. The molecule has 0 aromatic heterocycles. The Morgan fingerprint density at radius 2 is 1.92 bits per heavy atom. The Hall–Kier alpha value is -1.78. The van der Waals surface area contributed by atoms with Crippen molar-refractivity contribution in [2.24, 2.45) is 0 Å². The van der Waals surface area contributed by atoms with Crippen molar-refractivity contribution in [1.29, 1.82) is 0 Å². The van der Waals surface area contributed by atoms with Crippen LogP contribution in [0.1, 0.15) is 28.8 Å². The number of carbonyl (C=O) groups is 1. The van der Waals surface area contributed by atoms with Crippen molar-refractivity contribution in [3.05, 3.63) is 65.7 Å². The van der Waals surface area contributed by atoms with Gasteiger partial charge in [0.05, 0.1) is 0 Å². The van der Waals surface area contributed by atoms with Gasteiger partial charge in [-0.05, 0) is 61.9 Å². The Balaban J connectivity index is 1.49. The smallest absolute Gasteiger partial charge is 0.251 e. The first-order valence-electron chi connectivity index (χ1n) is 8.96. The molecule has 1 N–H and O–H groups in total. The molecular formula is C21H26N2OS. The van der Waals surface area contributed by atoms with Gasteiger partial charge in [-0.1, -0.05) is 30.3 Å². The first kappa shape index (κ1) is 18.0. The minimum absolute atomic E-state index is 0.0440. The highest BCUT2D eigenvalue weighted by atomic mass is 32.2. The third kappa shape index (κ3) is 5.35. The predicted octanol–water partition coefficient (Wildman–Crippen LogP) is 3.85. The monoisotopic (exact) mass is 354 g/mol.